The summed E-state index contributed by atoms with van der Waals surface area (Å²) in [7, 11) is -2.30. The van der Waals surface area contributed by atoms with E-state index < -0.39 is 22.0 Å². The number of anilines is 1. The molecular formula is C21H27ClN2O5S. The Morgan fingerprint density at radius 1 is 1.20 bits per heavy atom. The highest BCUT2D eigenvalue weighted by atomic mass is 35.5. The predicted molar refractivity (Wildman–Crippen MR) is 119 cm³/mol. The van der Waals surface area contributed by atoms with Gasteiger partial charge in [0.15, 0.2) is 0 Å². The van der Waals surface area contributed by atoms with Crippen LogP contribution in [0.3, 0.4) is 0 Å². The Morgan fingerprint density at radius 3 is 2.50 bits per heavy atom. The second-order valence-electron chi connectivity index (χ2n) is 6.96. The number of nitrogens with one attached hydrogen (secondary N) is 1. The Hall–Kier alpha value is -2.45. The number of hydrogen-bond acceptors (Lipinski definition) is 5. The van der Waals surface area contributed by atoms with Gasteiger partial charge in [-0.1, -0.05) is 23.7 Å². The van der Waals surface area contributed by atoms with E-state index in [2.05, 4.69) is 5.32 Å². The third kappa shape index (κ3) is 6.03. The molecule has 0 spiro atoms. The molecule has 1 atom stereocenters. The van der Waals surface area contributed by atoms with E-state index in [1.807, 2.05) is 26.0 Å². The Balaban J connectivity index is 2.07. The standard InChI is InChI=1S/C21H27ClN2O5S/c1-14-6-9-20(28-4)19(12-14)24(30(5,26)27)16(3)21(25)23-10-11-29-17-8-7-15(2)18(22)13-17/h6-9,12-13,16H,10-11H2,1-5H3,(H,23,25)/t16-/m0/s1. The summed E-state index contributed by atoms with van der Waals surface area (Å²) in [4.78, 5) is 12.7. The largest absolute Gasteiger partial charge is 0.495 e. The van der Waals surface area contributed by atoms with E-state index in [1.165, 1.54) is 14.0 Å². The number of nitrogens with zero attached hydrogens (tertiary/aromatic N) is 1. The van der Waals surface area contributed by atoms with Crippen molar-refractivity contribution >= 4 is 33.2 Å². The van der Waals surface area contributed by atoms with E-state index in [0.717, 1.165) is 21.7 Å². The zero-order valence-corrected chi connectivity index (χ0v) is 19.3. The molecule has 1 amide bonds. The summed E-state index contributed by atoms with van der Waals surface area (Å²) in [6, 6.07) is 9.52. The summed E-state index contributed by atoms with van der Waals surface area (Å²) in [5.74, 6) is 0.509. The molecule has 30 heavy (non-hydrogen) atoms. The summed E-state index contributed by atoms with van der Waals surface area (Å²) in [6.45, 7) is 5.67. The minimum Gasteiger partial charge on any atom is -0.495 e. The van der Waals surface area contributed by atoms with Crippen molar-refractivity contribution in [2.45, 2.75) is 26.8 Å². The third-order valence-corrected chi connectivity index (χ3v) is 6.11. The number of rotatable bonds is 9. The van der Waals surface area contributed by atoms with Gasteiger partial charge < -0.3 is 14.8 Å². The molecule has 9 heteroatoms. The maximum absolute atomic E-state index is 12.7. The topological polar surface area (TPSA) is 84.9 Å². The van der Waals surface area contributed by atoms with E-state index in [0.29, 0.717) is 22.2 Å². The number of sulfonamides is 1. The monoisotopic (exact) mass is 454 g/mol. The molecule has 164 valence electrons. The Bertz CT molecular complexity index is 1010. The average Bonchev–Trinajstić information content (AvgIpc) is 2.67. The van der Waals surface area contributed by atoms with Crippen LogP contribution in [0.1, 0.15) is 18.1 Å². The molecular weight excluding hydrogens is 428 g/mol. The van der Waals surface area contributed by atoms with Gasteiger partial charge in [-0.2, -0.15) is 0 Å². The quantitative estimate of drug-likeness (QED) is 0.587. The van der Waals surface area contributed by atoms with Gasteiger partial charge in [0.05, 0.1) is 25.6 Å². The molecule has 0 bridgehead atoms. The van der Waals surface area contributed by atoms with Crippen LogP contribution in [0.4, 0.5) is 5.69 Å². The van der Waals surface area contributed by atoms with Crippen molar-refractivity contribution in [2.24, 2.45) is 0 Å². The van der Waals surface area contributed by atoms with Crippen LogP contribution in [-0.4, -0.2) is 46.9 Å². The summed E-state index contributed by atoms with van der Waals surface area (Å²) in [5, 5.41) is 3.31. The van der Waals surface area contributed by atoms with Crippen molar-refractivity contribution in [2.75, 3.05) is 30.8 Å². The molecule has 0 radical (unpaired) electrons. The maximum atomic E-state index is 12.7. The third-order valence-electron chi connectivity index (χ3n) is 4.47. The minimum atomic E-state index is -3.75. The molecule has 2 rings (SSSR count). The van der Waals surface area contributed by atoms with Gasteiger partial charge in [-0.05, 0) is 56.2 Å². The smallest absolute Gasteiger partial charge is 0.243 e. The average molecular weight is 455 g/mol. The van der Waals surface area contributed by atoms with Crippen molar-refractivity contribution in [1.82, 2.24) is 5.32 Å². The summed E-state index contributed by atoms with van der Waals surface area (Å²) < 4.78 is 36.9. The predicted octanol–water partition coefficient (Wildman–Crippen LogP) is 3.32. The van der Waals surface area contributed by atoms with Crippen LogP contribution < -0.4 is 19.1 Å². The normalized spacial score (nSPS) is 12.2. The van der Waals surface area contributed by atoms with Crippen molar-refractivity contribution in [3.8, 4) is 11.5 Å². The highest BCUT2D eigenvalue weighted by Crippen LogP contribution is 2.32. The summed E-state index contributed by atoms with van der Waals surface area (Å²) in [6.07, 6.45) is 1.06. The lowest BCUT2D eigenvalue weighted by molar-refractivity contribution is -0.121. The number of aryl methyl sites for hydroxylation is 2. The van der Waals surface area contributed by atoms with Gasteiger partial charge in [-0.3, -0.25) is 9.10 Å². The Kier molecular flexibility index (Phi) is 7.97. The number of ether oxygens (including phenoxy) is 2. The zero-order valence-electron chi connectivity index (χ0n) is 17.7. The van der Waals surface area contributed by atoms with Gasteiger partial charge in [0.2, 0.25) is 15.9 Å². The second-order valence-corrected chi connectivity index (χ2v) is 9.23. The first kappa shape index (κ1) is 23.8. The van der Waals surface area contributed by atoms with Gasteiger partial charge >= 0.3 is 0 Å². The van der Waals surface area contributed by atoms with E-state index in [4.69, 9.17) is 21.1 Å². The van der Waals surface area contributed by atoms with Gasteiger partial charge in [0.1, 0.15) is 24.1 Å². The highest BCUT2D eigenvalue weighted by molar-refractivity contribution is 7.92. The molecule has 0 saturated heterocycles. The minimum absolute atomic E-state index is 0.206. The molecule has 1 N–H and O–H groups in total. The van der Waals surface area contributed by atoms with Crippen LogP contribution in [0.25, 0.3) is 0 Å². The number of carbonyl (C=O) groups excluding carboxylic acids is 1. The van der Waals surface area contributed by atoms with Crippen molar-refractivity contribution in [1.29, 1.82) is 0 Å². The molecule has 7 nitrogen and oxygen atoms in total. The zero-order chi connectivity index (χ0) is 22.5. The van der Waals surface area contributed by atoms with E-state index >= 15 is 0 Å². The number of benzene rings is 2. The molecule has 0 heterocycles. The summed E-state index contributed by atoms with van der Waals surface area (Å²) >= 11 is 6.07. The van der Waals surface area contributed by atoms with Crippen LogP contribution in [0.2, 0.25) is 5.02 Å². The molecule has 0 fully saturated rings. The number of hydrogen-bond donors (Lipinski definition) is 1. The van der Waals surface area contributed by atoms with Crippen molar-refractivity contribution in [3.63, 3.8) is 0 Å². The maximum Gasteiger partial charge on any atom is 0.243 e. The van der Waals surface area contributed by atoms with E-state index in [-0.39, 0.29) is 13.2 Å². The van der Waals surface area contributed by atoms with Crippen LogP contribution in [0, 0.1) is 13.8 Å². The Morgan fingerprint density at radius 2 is 1.90 bits per heavy atom. The van der Waals surface area contributed by atoms with E-state index in [1.54, 1.807) is 24.3 Å². The molecule has 2 aromatic rings. The van der Waals surface area contributed by atoms with Crippen molar-refractivity contribution in [3.05, 3.63) is 52.5 Å². The van der Waals surface area contributed by atoms with Gasteiger partial charge in [0.25, 0.3) is 0 Å². The lowest BCUT2D eigenvalue weighted by atomic mass is 10.2. The van der Waals surface area contributed by atoms with Gasteiger partial charge in [-0.15, -0.1) is 0 Å². The molecule has 0 aliphatic carbocycles. The number of amides is 1. The lowest BCUT2D eigenvalue weighted by Crippen LogP contribution is -2.48. The van der Waals surface area contributed by atoms with Gasteiger partial charge in [0, 0.05) is 5.02 Å². The number of halogens is 1. The number of methoxy groups -OCH3 is 1. The second kappa shape index (κ2) is 10.0. The molecule has 0 aliphatic rings. The molecule has 0 unspecified atom stereocenters. The van der Waals surface area contributed by atoms with E-state index in [9.17, 15) is 13.2 Å². The SMILES string of the molecule is COc1ccc(C)cc1N([C@@H](C)C(=O)NCCOc1ccc(C)c(Cl)c1)S(C)(=O)=O. The fraction of sp³-hybridized carbons (Fsp3) is 0.381. The van der Waals surface area contributed by atoms with Crippen molar-refractivity contribution < 1.29 is 22.7 Å². The fourth-order valence-electron chi connectivity index (χ4n) is 2.91. The highest BCUT2D eigenvalue weighted by Gasteiger charge is 2.31. The molecule has 0 saturated carbocycles. The first-order valence-corrected chi connectivity index (χ1v) is 11.6. The summed E-state index contributed by atoms with van der Waals surface area (Å²) in [5.41, 5.74) is 2.10. The molecule has 2 aromatic carbocycles. The van der Waals surface area contributed by atoms with Crippen LogP contribution in [0.5, 0.6) is 11.5 Å². The first-order valence-electron chi connectivity index (χ1n) is 9.35. The van der Waals surface area contributed by atoms with Crippen LogP contribution >= 0.6 is 11.6 Å². The van der Waals surface area contributed by atoms with Crippen LogP contribution in [-0.2, 0) is 14.8 Å². The molecule has 0 aromatic heterocycles. The Labute approximate surface area is 183 Å². The molecule has 0 aliphatic heterocycles. The fourth-order valence-corrected chi connectivity index (χ4v) is 4.25. The number of carbonyl (C=O) groups is 1. The lowest BCUT2D eigenvalue weighted by Gasteiger charge is -2.29. The first-order chi connectivity index (χ1) is 14.0. The van der Waals surface area contributed by atoms with Gasteiger partial charge in [-0.25, -0.2) is 8.42 Å². The van der Waals surface area contributed by atoms with Crippen LogP contribution in [0.15, 0.2) is 36.4 Å².